The van der Waals surface area contributed by atoms with Gasteiger partial charge in [-0.2, -0.15) is 0 Å². The quantitative estimate of drug-likeness (QED) is 0.841. The molecule has 1 aliphatic heterocycles. The second-order valence-corrected chi connectivity index (χ2v) is 4.99. The molecule has 3 heteroatoms. The molecule has 2 aliphatic rings. The average Bonchev–Trinajstić information content (AvgIpc) is 3.09. The van der Waals surface area contributed by atoms with Crippen molar-refractivity contribution in [3.63, 3.8) is 0 Å². The molecule has 0 atom stereocenters. The molecular formula is C14H18N2O. The van der Waals surface area contributed by atoms with Crippen LogP contribution in [0.15, 0.2) is 24.5 Å². The second-order valence-electron chi connectivity index (χ2n) is 4.99. The molecule has 17 heavy (non-hydrogen) atoms. The molecule has 0 bridgehead atoms. The predicted molar refractivity (Wildman–Crippen MR) is 67.8 cm³/mol. The Bertz CT molecular complexity index is 408. The van der Waals surface area contributed by atoms with Gasteiger partial charge in [-0.05, 0) is 30.4 Å². The van der Waals surface area contributed by atoms with Gasteiger partial charge < -0.3 is 10.1 Å². The van der Waals surface area contributed by atoms with Crippen LogP contribution in [0.3, 0.4) is 0 Å². The van der Waals surface area contributed by atoms with Gasteiger partial charge in [-0.1, -0.05) is 12.2 Å². The maximum atomic E-state index is 5.71. The highest BCUT2D eigenvalue weighted by Crippen LogP contribution is 2.29. The van der Waals surface area contributed by atoms with Crippen molar-refractivity contribution in [1.82, 2.24) is 10.3 Å². The number of ether oxygens (including phenoxy) is 1. The van der Waals surface area contributed by atoms with Crippen LogP contribution in [0.5, 0.6) is 5.75 Å². The first-order valence-electron chi connectivity index (χ1n) is 6.37. The van der Waals surface area contributed by atoms with E-state index in [0.717, 1.165) is 36.9 Å². The molecule has 1 aromatic rings. The molecule has 1 saturated heterocycles. The molecule has 1 aromatic heterocycles. The summed E-state index contributed by atoms with van der Waals surface area (Å²) in [5, 5.41) is 3.26. The molecule has 0 radical (unpaired) electrons. The zero-order valence-electron chi connectivity index (χ0n) is 9.93. The fourth-order valence-electron chi connectivity index (χ4n) is 1.80. The summed E-state index contributed by atoms with van der Waals surface area (Å²) >= 11 is 0. The van der Waals surface area contributed by atoms with E-state index in [-0.39, 0.29) is 0 Å². The molecule has 0 aromatic carbocycles. The first-order valence-corrected chi connectivity index (χ1v) is 6.37. The number of pyridine rings is 1. The third kappa shape index (κ3) is 3.07. The average molecular weight is 230 g/mol. The summed E-state index contributed by atoms with van der Waals surface area (Å²) in [5.41, 5.74) is 1.13. The van der Waals surface area contributed by atoms with Gasteiger partial charge in [0.15, 0.2) is 0 Å². The van der Waals surface area contributed by atoms with Crippen molar-refractivity contribution in [1.29, 1.82) is 0 Å². The van der Waals surface area contributed by atoms with Gasteiger partial charge in [-0.25, -0.2) is 0 Å². The van der Waals surface area contributed by atoms with Gasteiger partial charge in [0, 0.05) is 25.2 Å². The Hall–Kier alpha value is -1.35. The van der Waals surface area contributed by atoms with E-state index in [1.807, 2.05) is 6.20 Å². The van der Waals surface area contributed by atoms with Crippen LogP contribution in [0.2, 0.25) is 0 Å². The van der Waals surface area contributed by atoms with Gasteiger partial charge in [0.05, 0.1) is 12.8 Å². The van der Waals surface area contributed by atoms with E-state index in [1.165, 1.54) is 12.8 Å². The summed E-state index contributed by atoms with van der Waals surface area (Å²) in [5.74, 6) is 2.37. The van der Waals surface area contributed by atoms with Gasteiger partial charge in [-0.15, -0.1) is 0 Å². The molecular weight excluding hydrogens is 212 g/mol. The van der Waals surface area contributed by atoms with Gasteiger partial charge in [0.2, 0.25) is 0 Å². The van der Waals surface area contributed by atoms with E-state index < -0.39 is 0 Å². The third-order valence-corrected chi connectivity index (χ3v) is 3.29. The molecule has 0 unspecified atom stereocenters. The second kappa shape index (κ2) is 4.88. The minimum absolute atomic E-state index is 0.686. The molecule has 0 spiro atoms. The molecule has 1 N–H and O–H groups in total. The Morgan fingerprint density at radius 3 is 2.94 bits per heavy atom. The van der Waals surface area contributed by atoms with Crippen molar-refractivity contribution in [2.24, 2.45) is 11.8 Å². The van der Waals surface area contributed by atoms with Crippen LogP contribution in [-0.4, -0.2) is 24.7 Å². The van der Waals surface area contributed by atoms with Crippen LogP contribution in [0.1, 0.15) is 18.4 Å². The number of aromatic nitrogens is 1. The highest BCUT2D eigenvalue weighted by molar-refractivity contribution is 5.50. The lowest BCUT2D eigenvalue weighted by Crippen LogP contribution is -2.40. The maximum absolute atomic E-state index is 5.71. The summed E-state index contributed by atoms with van der Waals surface area (Å²) in [4.78, 5) is 4.21. The topological polar surface area (TPSA) is 34.2 Å². The Morgan fingerprint density at radius 2 is 2.24 bits per heavy atom. The van der Waals surface area contributed by atoms with Gasteiger partial charge in [-0.3, -0.25) is 4.98 Å². The van der Waals surface area contributed by atoms with E-state index in [4.69, 9.17) is 4.74 Å². The van der Waals surface area contributed by atoms with Gasteiger partial charge >= 0.3 is 0 Å². The van der Waals surface area contributed by atoms with Crippen LogP contribution in [-0.2, 0) is 0 Å². The monoisotopic (exact) mass is 230 g/mol. The Morgan fingerprint density at radius 1 is 1.35 bits per heavy atom. The Balaban J connectivity index is 1.58. The molecule has 3 rings (SSSR count). The zero-order valence-corrected chi connectivity index (χ0v) is 9.93. The van der Waals surface area contributed by atoms with Crippen molar-refractivity contribution in [3.8, 4) is 5.75 Å². The van der Waals surface area contributed by atoms with Crippen molar-refractivity contribution in [3.05, 3.63) is 30.1 Å². The molecule has 1 saturated carbocycles. The maximum Gasteiger partial charge on any atom is 0.138 e. The van der Waals surface area contributed by atoms with Crippen molar-refractivity contribution in [2.75, 3.05) is 19.7 Å². The van der Waals surface area contributed by atoms with E-state index in [2.05, 4.69) is 28.5 Å². The minimum Gasteiger partial charge on any atom is -0.492 e. The van der Waals surface area contributed by atoms with Crippen LogP contribution < -0.4 is 10.1 Å². The van der Waals surface area contributed by atoms with E-state index in [9.17, 15) is 0 Å². The van der Waals surface area contributed by atoms with Crippen LogP contribution >= 0.6 is 0 Å². The van der Waals surface area contributed by atoms with E-state index in [0.29, 0.717) is 5.92 Å². The fourth-order valence-corrected chi connectivity index (χ4v) is 1.80. The van der Waals surface area contributed by atoms with Crippen molar-refractivity contribution in [2.45, 2.75) is 12.8 Å². The Kier molecular flexibility index (Phi) is 3.10. The van der Waals surface area contributed by atoms with Crippen LogP contribution in [0.25, 0.3) is 6.08 Å². The van der Waals surface area contributed by atoms with Crippen LogP contribution in [0.4, 0.5) is 0 Å². The Labute approximate surface area is 102 Å². The predicted octanol–water partition coefficient (Wildman–Crippen LogP) is 2.10. The SMILES string of the molecule is C(=CC1CNC1)c1cncc(OCC2CC2)c1. The molecule has 0 amide bonds. The molecule has 1 aliphatic carbocycles. The number of hydrogen-bond donors (Lipinski definition) is 1. The number of nitrogens with zero attached hydrogens (tertiary/aromatic N) is 1. The molecule has 2 heterocycles. The van der Waals surface area contributed by atoms with Crippen molar-refractivity contribution >= 4 is 6.08 Å². The first-order chi connectivity index (χ1) is 8.40. The highest BCUT2D eigenvalue weighted by Gasteiger charge is 2.21. The zero-order chi connectivity index (χ0) is 11.5. The summed E-state index contributed by atoms with van der Waals surface area (Å²) in [6.07, 6.45) is 10.7. The largest absolute Gasteiger partial charge is 0.492 e. The van der Waals surface area contributed by atoms with Gasteiger partial charge in [0.25, 0.3) is 0 Å². The lowest BCUT2D eigenvalue weighted by Gasteiger charge is -2.23. The molecule has 3 nitrogen and oxygen atoms in total. The van der Waals surface area contributed by atoms with E-state index in [1.54, 1.807) is 6.20 Å². The number of rotatable bonds is 5. The summed E-state index contributed by atoms with van der Waals surface area (Å²) in [7, 11) is 0. The van der Waals surface area contributed by atoms with Crippen molar-refractivity contribution < 1.29 is 4.74 Å². The fraction of sp³-hybridized carbons (Fsp3) is 0.500. The van der Waals surface area contributed by atoms with E-state index >= 15 is 0 Å². The summed E-state index contributed by atoms with van der Waals surface area (Å²) in [6, 6.07) is 2.07. The molecule has 90 valence electrons. The number of nitrogens with one attached hydrogen (secondary N) is 1. The standard InChI is InChI=1S/C14H18N2O/c1-2-11(1)10-17-14-5-12(6-16-9-14)3-4-13-7-15-8-13/h3-6,9,11,13,15H,1-2,7-8,10H2. The smallest absolute Gasteiger partial charge is 0.138 e. The minimum atomic E-state index is 0.686. The summed E-state index contributed by atoms with van der Waals surface area (Å²) < 4.78 is 5.71. The highest BCUT2D eigenvalue weighted by atomic mass is 16.5. The molecule has 2 fully saturated rings. The number of hydrogen-bond acceptors (Lipinski definition) is 3. The normalized spacial score (nSPS) is 20.5. The van der Waals surface area contributed by atoms with Crippen LogP contribution in [0, 0.1) is 11.8 Å². The third-order valence-electron chi connectivity index (χ3n) is 3.29. The first kappa shape index (κ1) is 10.8. The van der Waals surface area contributed by atoms with Gasteiger partial charge in [0.1, 0.15) is 5.75 Å². The lowest BCUT2D eigenvalue weighted by molar-refractivity contribution is 0.298. The lowest BCUT2D eigenvalue weighted by atomic mass is 10.0. The summed E-state index contributed by atoms with van der Waals surface area (Å²) in [6.45, 7) is 3.05.